The summed E-state index contributed by atoms with van der Waals surface area (Å²) >= 11 is 0. The molecule has 0 unspecified atom stereocenters. The van der Waals surface area contributed by atoms with Crippen molar-refractivity contribution < 1.29 is 4.84 Å². The summed E-state index contributed by atoms with van der Waals surface area (Å²) in [4.78, 5) is 5.43. The van der Waals surface area contributed by atoms with Crippen molar-refractivity contribution >= 4 is 0 Å². The molecular weight excluding hydrogens is 190 g/mol. The van der Waals surface area contributed by atoms with Gasteiger partial charge in [-0.05, 0) is 40.5 Å². The van der Waals surface area contributed by atoms with Crippen LogP contribution in [0.15, 0.2) is 0 Å². The van der Waals surface area contributed by atoms with Gasteiger partial charge in [-0.3, -0.25) is 4.84 Å². The zero-order valence-electron chi connectivity index (χ0n) is 10.5. The van der Waals surface area contributed by atoms with E-state index in [1.807, 2.05) is 0 Å². The maximum Gasteiger partial charge on any atom is 0.0871 e. The average molecular weight is 215 g/mol. The van der Waals surface area contributed by atoms with Crippen molar-refractivity contribution in [3.05, 3.63) is 0 Å². The summed E-state index contributed by atoms with van der Waals surface area (Å²) in [5.74, 6) is 0. The van der Waals surface area contributed by atoms with E-state index in [1.54, 1.807) is 0 Å². The number of hydrazine groups is 1. The predicted octanol–water partition coefficient (Wildman–Crippen LogP) is 1.29. The number of hydrogen-bond donors (Lipinski definition) is 2. The Balaban J connectivity index is 2.18. The van der Waals surface area contributed by atoms with E-state index in [1.165, 1.54) is 12.8 Å². The van der Waals surface area contributed by atoms with Gasteiger partial charge in [-0.2, -0.15) is 5.48 Å². The Kier molecular flexibility index (Phi) is 4.99. The summed E-state index contributed by atoms with van der Waals surface area (Å²) in [5, 5.41) is 2.29. The third-order valence-electron chi connectivity index (χ3n) is 2.32. The molecule has 1 rings (SSSR count). The van der Waals surface area contributed by atoms with Gasteiger partial charge in [0.05, 0.1) is 12.1 Å². The molecule has 0 aromatic heterocycles. The summed E-state index contributed by atoms with van der Waals surface area (Å²) in [6.45, 7) is 11.4. The molecule has 0 spiro atoms. The van der Waals surface area contributed by atoms with Gasteiger partial charge >= 0.3 is 0 Å². The SMILES string of the molecule is CC(C)NOCC(C)(C)NN1CCCC1. The second kappa shape index (κ2) is 5.80. The lowest BCUT2D eigenvalue weighted by atomic mass is 10.1. The highest BCUT2D eigenvalue weighted by atomic mass is 16.6. The molecule has 0 aliphatic carbocycles. The van der Waals surface area contributed by atoms with Crippen molar-refractivity contribution in [1.29, 1.82) is 0 Å². The van der Waals surface area contributed by atoms with E-state index >= 15 is 0 Å². The average Bonchev–Trinajstić information content (AvgIpc) is 2.54. The minimum atomic E-state index is -0.00771. The van der Waals surface area contributed by atoms with E-state index in [9.17, 15) is 0 Å². The Morgan fingerprint density at radius 1 is 1.27 bits per heavy atom. The van der Waals surface area contributed by atoms with Crippen molar-refractivity contribution in [3.8, 4) is 0 Å². The molecule has 90 valence electrons. The van der Waals surface area contributed by atoms with Crippen LogP contribution in [0.1, 0.15) is 40.5 Å². The molecule has 0 bridgehead atoms. The van der Waals surface area contributed by atoms with Crippen molar-refractivity contribution in [1.82, 2.24) is 15.9 Å². The first-order valence-electron chi connectivity index (χ1n) is 5.90. The van der Waals surface area contributed by atoms with Crippen LogP contribution in [0.4, 0.5) is 0 Å². The lowest BCUT2D eigenvalue weighted by Crippen LogP contribution is -2.53. The zero-order valence-corrected chi connectivity index (χ0v) is 10.5. The summed E-state index contributed by atoms with van der Waals surface area (Å²) in [6.07, 6.45) is 2.60. The van der Waals surface area contributed by atoms with Crippen molar-refractivity contribution in [2.75, 3.05) is 19.7 Å². The van der Waals surface area contributed by atoms with Gasteiger partial charge in [-0.25, -0.2) is 10.4 Å². The van der Waals surface area contributed by atoms with E-state index in [2.05, 4.69) is 43.6 Å². The second-order valence-electron chi connectivity index (χ2n) is 5.25. The molecule has 0 aromatic rings. The van der Waals surface area contributed by atoms with Crippen molar-refractivity contribution in [2.45, 2.75) is 52.1 Å². The molecule has 1 aliphatic rings. The third-order valence-corrected chi connectivity index (χ3v) is 2.32. The monoisotopic (exact) mass is 215 g/mol. The van der Waals surface area contributed by atoms with Gasteiger partial charge in [-0.1, -0.05) is 0 Å². The van der Waals surface area contributed by atoms with Crippen LogP contribution in [0.5, 0.6) is 0 Å². The molecule has 0 aromatic carbocycles. The summed E-state index contributed by atoms with van der Waals surface area (Å²) < 4.78 is 0. The van der Waals surface area contributed by atoms with Crippen molar-refractivity contribution in [3.63, 3.8) is 0 Å². The fourth-order valence-corrected chi connectivity index (χ4v) is 1.68. The molecule has 0 saturated carbocycles. The molecule has 1 heterocycles. The molecular formula is C11H25N3O. The largest absolute Gasteiger partial charge is 0.300 e. The van der Waals surface area contributed by atoms with Gasteiger partial charge in [-0.15, -0.1) is 0 Å². The van der Waals surface area contributed by atoms with Crippen LogP contribution in [0.25, 0.3) is 0 Å². The normalized spacial score (nSPS) is 19.0. The number of hydrogen-bond acceptors (Lipinski definition) is 4. The van der Waals surface area contributed by atoms with Crippen LogP contribution in [0, 0.1) is 0 Å². The topological polar surface area (TPSA) is 36.5 Å². The maximum atomic E-state index is 5.43. The molecule has 2 N–H and O–H groups in total. The molecule has 0 radical (unpaired) electrons. The highest BCUT2D eigenvalue weighted by molar-refractivity contribution is 4.77. The van der Waals surface area contributed by atoms with Gasteiger partial charge in [0.1, 0.15) is 0 Å². The predicted molar refractivity (Wildman–Crippen MR) is 62.2 cm³/mol. The van der Waals surface area contributed by atoms with Crippen molar-refractivity contribution in [2.24, 2.45) is 0 Å². The van der Waals surface area contributed by atoms with Crippen LogP contribution in [0.2, 0.25) is 0 Å². The number of nitrogens with zero attached hydrogens (tertiary/aromatic N) is 1. The van der Waals surface area contributed by atoms with Gasteiger partial charge < -0.3 is 0 Å². The second-order valence-corrected chi connectivity index (χ2v) is 5.25. The standard InChI is InChI=1S/C11H25N3O/c1-10(2)12-15-9-11(3,4)13-14-7-5-6-8-14/h10,12-13H,5-9H2,1-4H3. The van der Waals surface area contributed by atoms with Crippen LogP contribution in [-0.4, -0.2) is 36.3 Å². The summed E-state index contributed by atoms with van der Waals surface area (Å²) in [6, 6.07) is 0.368. The van der Waals surface area contributed by atoms with Gasteiger partial charge in [0.15, 0.2) is 0 Å². The van der Waals surface area contributed by atoms with Crippen LogP contribution < -0.4 is 10.9 Å². The smallest absolute Gasteiger partial charge is 0.0871 e. The fourth-order valence-electron chi connectivity index (χ4n) is 1.68. The number of hydroxylamine groups is 1. The molecule has 4 heteroatoms. The van der Waals surface area contributed by atoms with Crippen LogP contribution in [0.3, 0.4) is 0 Å². The van der Waals surface area contributed by atoms with Gasteiger partial charge in [0, 0.05) is 19.1 Å². The van der Waals surface area contributed by atoms with E-state index < -0.39 is 0 Å². The third kappa shape index (κ3) is 5.47. The molecule has 0 amide bonds. The highest BCUT2D eigenvalue weighted by Crippen LogP contribution is 2.09. The summed E-state index contributed by atoms with van der Waals surface area (Å²) in [7, 11) is 0. The first-order valence-corrected chi connectivity index (χ1v) is 5.90. The molecule has 0 atom stereocenters. The zero-order chi connectivity index (χ0) is 11.3. The Morgan fingerprint density at radius 3 is 2.40 bits per heavy atom. The maximum absolute atomic E-state index is 5.43. The Bertz CT molecular complexity index is 177. The quantitative estimate of drug-likeness (QED) is 0.655. The van der Waals surface area contributed by atoms with Gasteiger partial charge in [0.25, 0.3) is 0 Å². The van der Waals surface area contributed by atoms with Crippen LogP contribution in [-0.2, 0) is 4.84 Å². The Labute approximate surface area is 93.3 Å². The lowest BCUT2D eigenvalue weighted by Gasteiger charge is -2.31. The molecule has 1 fully saturated rings. The van der Waals surface area contributed by atoms with E-state index in [-0.39, 0.29) is 5.54 Å². The molecule has 1 aliphatic heterocycles. The minimum Gasteiger partial charge on any atom is -0.300 e. The van der Waals surface area contributed by atoms with E-state index in [0.717, 1.165) is 13.1 Å². The van der Waals surface area contributed by atoms with E-state index in [4.69, 9.17) is 4.84 Å². The molecule has 4 nitrogen and oxygen atoms in total. The minimum absolute atomic E-state index is 0.00771. The van der Waals surface area contributed by atoms with Crippen LogP contribution >= 0.6 is 0 Å². The molecule has 15 heavy (non-hydrogen) atoms. The lowest BCUT2D eigenvalue weighted by molar-refractivity contribution is -0.0251. The Morgan fingerprint density at radius 2 is 1.87 bits per heavy atom. The fraction of sp³-hybridized carbons (Fsp3) is 1.00. The highest BCUT2D eigenvalue weighted by Gasteiger charge is 2.23. The number of rotatable bonds is 6. The van der Waals surface area contributed by atoms with Gasteiger partial charge in [0.2, 0.25) is 0 Å². The molecule has 1 saturated heterocycles. The number of nitrogens with one attached hydrogen (secondary N) is 2. The Hall–Kier alpha value is -0.160. The first kappa shape index (κ1) is 12.9. The first-order chi connectivity index (χ1) is 6.99. The van der Waals surface area contributed by atoms with E-state index in [0.29, 0.717) is 12.6 Å². The summed E-state index contributed by atoms with van der Waals surface area (Å²) in [5.41, 5.74) is 6.46.